The molecule has 0 aliphatic carbocycles. The molecular weight excluding hydrogens is 352 g/mol. The SMILES string of the molecule is CN=C(NCCc1ccccc1OC)NCC(c1ccc(OC)cc1)N(C)C. The van der Waals surface area contributed by atoms with Gasteiger partial charge in [0.1, 0.15) is 11.5 Å². The van der Waals surface area contributed by atoms with E-state index in [0.717, 1.165) is 37.0 Å². The summed E-state index contributed by atoms with van der Waals surface area (Å²) in [5, 5.41) is 6.81. The first-order valence-electron chi connectivity index (χ1n) is 9.45. The summed E-state index contributed by atoms with van der Waals surface area (Å²) in [5.74, 6) is 2.57. The van der Waals surface area contributed by atoms with E-state index in [9.17, 15) is 0 Å². The largest absolute Gasteiger partial charge is 0.497 e. The van der Waals surface area contributed by atoms with Crippen molar-refractivity contribution in [1.82, 2.24) is 15.5 Å². The molecule has 2 aromatic rings. The van der Waals surface area contributed by atoms with Gasteiger partial charge in [0, 0.05) is 20.1 Å². The Kier molecular flexibility index (Phi) is 8.62. The molecule has 0 radical (unpaired) electrons. The summed E-state index contributed by atoms with van der Waals surface area (Å²) in [6.45, 7) is 1.52. The van der Waals surface area contributed by atoms with E-state index in [1.165, 1.54) is 11.1 Å². The maximum Gasteiger partial charge on any atom is 0.191 e. The van der Waals surface area contributed by atoms with Crippen LogP contribution in [0.4, 0.5) is 0 Å². The van der Waals surface area contributed by atoms with Gasteiger partial charge in [-0.05, 0) is 49.8 Å². The highest BCUT2D eigenvalue weighted by atomic mass is 16.5. The van der Waals surface area contributed by atoms with Crippen LogP contribution in [0, 0.1) is 0 Å². The van der Waals surface area contributed by atoms with E-state index in [1.807, 2.05) is 30.3 Å². The van der Waals surface area contributed by atoms with Gasteiger partial charge in [-0.15, -0.1) is 0 Å². The lowest BCUT2D eigenvalue weighted by Crippen LogP contribution is -2.42. The molecule has 0 amide bonds. The third-order valence-electron chi connectivity index (χ3n) is 4.69. The quantitative estimate of drug-likeness (QED) is 0.514. The van der Waals surface area contributed by atoms with E-state index in [1.54, 1.807) is 21.3 Å². The van der Waals surface area contributed by atoms with Crippen LogP contribution in [0.3, 0.4) is 0 Å². The van der Waals surface area contributed by atoms with Gasteiger partial charge in [-0.1, -0.05) is 30.3 Å². The predicted octanol–water partition coefficient (Wildman–Crippen LogP) is 2.71. The fraction of sp³-hybridized carbons (Fsp3) is 0.409. The maximum absolute atomic E-state index is 5.41. The third kappa shape index (κ3) is 6.16. The highest BCUT2D eigenvalue weighted by molar-refractivity contribution is 5.79. The minimum atomic E-state index is 0.221. The van der Waals surface area contributed by atoms with Crippen molar-refractivity contribution in [2.75, 3.05) is 48.5 Å². The molecule has 2 rings (SSSR count). The van der Waals surface area contributed by atoms with Gasteiger partial charge in [0.15, 0.2) is 5.96 Å². The van der Waals surface area contributed by atoms with Crippen molar-refractivity contribution in [3.8, 4) is 11.5 Å². The van der Waals surface area contributed by atoms with Crippen LogP contribution in [0.15, 0.2) is 53.5 Å². The molecule has 1 unspecified atom stereocenters. The maximum atomic E-state index is 5.41. The van der Waals surface area contributed by atoms with Gasteiger partial charge in [0.25, 0.3) is 0 Å². The van der Waals surface area contributed by atoms with Crippen LogP contribution in [0.1, 0.15) is 17.2 Å². The average Bonchev–Trinajstić information content (AvgIpc) is 2.73. The van der Waals surface area contributed by atoms with E-state index in [2.05, 4.69) is 52.8 Å². The fourth-order valence-corrected chi connectivity index (χ4v) is 3.06. The number of nitrogens with zero attached hydrogens (tertiary/aromatic N) is 2. The number of nitrogens with one attached hydrogen (secondary N) is 2. The van der Waals surface area contributed by atoms with Crippen molar-refractivity contribution in [1.29, 1.82) is 0 Å². The average molecular weight is 385 g/mol. The summed E-state index contributed by atoms with van der Waals surface area (Å²) in [5.41, 5.74) is 2.40. The van der Waals surface area contributed by atoms with Crippen molar-refractivity contribution in [3.63, 3.8) is 0 Å². The van der Waals surface area contributed by atoms with Gasteiger partial charge >= 0.3 is 0 Å². The van der Waals surface area contributed by atoms with Gasteiger partial charge in [-0.2, -0.15) is 0 Å². The first-order chi connectivity index (χ1) is 13.6. The van der Waals surface area contributed by atoms with Gasteiger partial charge in [0.05, 0.1) is 20.3 Å². The van der Waals surface area contributed by atoms with Crippen LogP contribution in [0.25, 0.3) is 0 Å². The van der Waals surface area contributed by atoms with Crippen LogP contribution < -0.4 is 20.1 Å². The molecule has 28 heavy (non-hydrogen) atoms. The molecule has 2 N–H and O–H groups in total. The Morgan fingerprint density at radius 1 is 1.00 bits per heavy atom. The highest BCUT2D eigenvalue weighted by Crippen LogP contribution is 2.20. The number of para-hydroxylation sites is 1. The normalized spacial score (nSPS) is 12.6. The Morgan fingerprint density at radius 3 is 2.32 bits per heavy atom. The highest BCUT2D eigenvalue weighted by Gasteiger charge is 2.15. The van der Waals surface area contributed by atoms with Crippen molar-refractivity contribution in [2.24, 2.45) is 4.99 Å². The smallest absolute Gasteiger partial charge is 0.191 e. The second-order valence-corrected chi connectivity index (χ2v) is 6.69. The molecule has 0 heterocycles. The zero-order valence-electron chi connectivity index (χ0n) is 17.5. The van der Waals surface area contributed by atoms with Crippen molar-refractivity contribution >= 4 is 5.96 Å². The van der Waals surface area contributed by atoms with Crippen molar-refractivity contribution < 1.29 is 9.47 Å². The second kappa shape index (κ2) is 11.2. The van der Waals surface area contributed by atoms with E-state index in [0.29, 0.717) is 0 Å². The Hall–Kier alpha value is -2.73. The zero-order valence-corrected chi connectivity index (χ0v) is 17.5. The van der Waals surface area contributed by atoms with Gasteiger partial charge in [-0.3, -0.25) is 4.99 Å². The van der Waals surface area contributed by atoms with Crippen LogP contribution >= 0.6 is 0 Å². The number of methoxy groups -OCH3 is 2. The minimum Gasteiger partial charge on any atom is -0.497 e. The molecule has 152 valence electrons. The lowest BCUT2D eigenvalue weighted by Gasteiger charge is -2.26. The summed E-state index contributed by atoms with van der Waals surface area (Å²) in [4.78, 5) is 6.53. The van der Waals surface area contributed by atoms with Gasteiger partial charge in [0.2, 0.25) is 0 Å². The summed E-state index contributed by atoms with van der Waals surface area (Å²) >= 11 is 0. The molecule has 0 saturated heterocycles. The van der Waals surface area contributed by atoms with Gasteiger partial charge < -0.3 is 25.0 Å². The number of hydrogen-bond acceptors (Lipinski definition) is 4. The van der Waals surface area contributed by atoms with E-state index in [-0.39, 0.29) is 6.04 Å². The third-order valence-corrected chi connectivity index (χ3v) is 4.69. The first kappa shape index (κ1) is 21.6. The monoisotopic (exact) mass is 384 g/mol. The van der Waals surface area contributed by atoms with E-state index in [4.69, 9.17) is 9.47 Å². The number of benzene rings is 2. The molecule has 0 aromatic heterocycles. The van der Waals surface area contributed by atoms with Crippen LogP contribution in [-0.2, 0) is 6.42 Å². The fourth-order valence-electron chi connectivity index (χ4n) is 3.06. The van der Waals surface area contributed by atoms with E-state index >= 15 is 0 Å². The molecule has 2 aromatic carbocycles. The zero-order chi connectivity index (χ0) is 20.4. The number of hydrogen-bond donors (Lipinski definition) is 2. The van der Waals surface area contributed by atoms with Crippen LogP contribution in [-0.4, -0.2) is 59.3 Å². The molecule has 6 nitrogen and oxygen atoms in total. The van der Waals surface area contributed by atoms with Crippen LogP contribution in [0.2, 0.25) is 0 Å². The lowest BCUT2D eigenvalue weighted by molar-refractivity contribution is 0.298. The number of likely N-dealkylation sites (N-methyl/N-ethyl adjacent to an activating group) is 1. The predicted molar refractivity (Wildman–Crippen MR) is 115 cm³/mol. The van der Waals surface area contributed by atoms with Crippen LogP contribution in [0.5, 0.6) is 11.5 Å². The van der Waals surface area contributed by atoms with Gasteiger partial charge in [-0.25, -0.2) is 0 Å². The molecular formula is C22H32N4O2. The molecule has 0 fully saturated rings. The Labute approximate surface area is 168 Å². The second-order valence-electron chi connectivity index (χ2n) is 6.69. The number of rotatable bonds is 9. The molecule has 1 atom stereocenters. The number of ether oxygens (including phenoxy) is 2. The topological polar surface area (TPSA) is 58.1 Å². The Morgan fingerprint density at radius 2 is 1.71 bits per heavy atom. The van der Waals surface area contributed by atoms with E-state index < -0.39 is 0 Å². The lowest BCUT2D eigenvalue weighted by atomic mass is 10.1. The minimum absolute atomic E-state index is 0.221. The molecule has 0 aliphatic rings. The van der Waals surface area contributed by atoms with Crippen molar-refractivity contribution in [3.05, 3.63) is 59.7 Å². The summed E-state index contributed by atoms with van der Waals surface area (Å²) in [7, 11) is 9.33. The standard InChI is InChI=1S/C22H32N4O2/c1-23-22(24-15-14-18-8-6-7-9-21(18)28-5)25-16-20(26(2)3)17-10-12-19(27-4)13-11-17/h6-13,20H,14-16H2,1-5H3,(H2,23,24,25). The molecule has 0 spiro atoms. The molecule has 0 bridgehead atoms. The summed E-state index contributed by atoms with van der Waals surface area (Å²) in [6.07, 6.45) is 0.861. The summed E-state index contributed by atoms with van der Waals surface area (Å²) in [6, 6.07) is 16.5. The van der Waals surface area contributed by atoms with Crippen molar-refractivity contribution in [2.45, 2.75) is 12.5 Å². The first-order valence-corrected chi connectivity index (χ1v) is 9.45. The summed E-state index contributed by atoms with van der Waals surface area (Å²) < 4.78 is 10.7. The number of guanidine groups is 1. The molecule has 6 heteroatoms. The number of aliphatic imine (C=N–C) groups is 1. The Balaban J connectivity index is 1.90. The molecule has 0 saturated carbocycles. The molecule has 0 aliphatic heterocycles. The Bertz CT molecular complexity index is 744.